The van der Waals surface area contributed by atoms with Crippen LogP contribution in [-0.2, 0) is 10.2 Å². The summed E-state index contributed by atoms with van der Waals surface area (Å²) in [6.45, 7) is 0. The highest BCUT2D eigenvalue weighted by atomic mass is 16.4. The van der Waals surface area contributed by atoms with Gasteiger partial charge >= 0.3 is 5.97 Å². The lowest BCUT2D eigenvalue weighted by atomic mass is 9.64. The van der Waals surface area contributed by atoms with Crippen LogP contribution in [-0.4, -0.2) is 20.9 Å². The third kappa shape index (κ3) is 1.53. The molecule has 0 saturated heterocycles. The van der Waals surface area contributed by atoms with Crippen LogP contribution in [0.4, 0.5) is 0 Å². The maximum atomic E-state index is 11.5. The fraction of sp³-hybridized carbons (Fsp3) is 0.286. The van der Waals surface area contributed by atoms with Gasteiger partial charge in [-0.25, -0.2) is 4.68 Å². The molecule has 0 unspecified atom stereocenters. The first-order chi connectivity index (χ1) is 8.72. The van der Waals surface area contributed by atoms with Gasteiger partial charge in [-0.05, 0) is 36.6 Å². The molecule has 0 atom stereocenters. The molecule has 1 aromatic heterocycles. The van der Waals surface area contributed by atoms with E-state index >= 15 is 0 Å². The van der Waals surface area contributed by atoms with Crippen LogP contribution in [0.15, 0.2) is 42.7 Å². The van der Waals surface area contributed by atoms with Crippen LogP contribution in [0.3, 0.4) is 0 Å². The molecule has 1 N–H and O–H groups in total. The predicted octanol–water partition coefficient (Wildman–Crippen LogP) is 2.38. The van der Waals surface area contributed by atoms with Crippen molar-refractivity contribution in [2.24, 2.45) is 0 Å². The van der Waals surface area contributed by atoms with E-state index in [1.165, 1.54) is 0 Å². The number of hydrogen-bond donors (Lipinski definition) is 1. The molecule has 3 rings (SSSR count). The quantitative estimate of drug-likeness (QED) is 0.899. The van der Waals surface area contributed by atoms with Crippen LogP contribution in [0.5, 0.6) is 0 Å². The normalized spacial score (nSPS) is 17.1. The van der Waals surface area contributed by atoms with Gasteiger partial charge in [0.05, 0.1) is 11.1 Å². The highest BCUT2D eigenvalue weighted by Crippen LogP contribution is 2.44. The van der Waals surface area contributed by atoms with Gasteiger partial charge in [-0.15, -0.1) is 0 Å². The summed E-state index contributed by atoms with van der Waals surface area (Å²) in [4.78, 5) is 11.5. The zero-order valence-corrected chi connectivity index (χ0v) is 9.91. The third-order valence-corrected chi connectivity index (χ3v) is 3.78. The molecule has 1 aliphatic rings. The van der Waals surface area contributed by atoms with Crippen molar-refractivity contribution in [3.05, 3.63) is 48.3 Å². The number of nitrogens with zero attached hydrogens (tertiary/aromatic N) is 2. The second kappa shape index (κ2) is 3.98. The summed E-state index contributed by atoms with van der Waals surface area (Å²) in [6.07, 6.45) is 6.00. The van der Waals surface area contributed by atoms with E-state index in [1.54, 1.807) is 10.9 Å². The van der Waals surface area contributed by atoms with Crippen molar-refractivity contribution < 1.29 is 9.90 Å². The minimum Gasteiger partial charge on any atom is -0.481 e. The number of hydrogen-bond acceptors (Lipinski definition) is 2. The number of benzene rings is 1. The lowest BCUT2D eigenvalue weighted by Gasteiger charge is -2.38. The van der Waals surface area contributed by atoms with E-state index in [0.29, 0.717) is 0 Å². The Morgan fingerprint density at radius 2 is 2.17 bits per heavy atom. The molecule has 1 heterocycles. The topological polar surface area (TPSA) is 55.1 Å². The predicted molar refractivity (Wildman–Crippen MR) is 66.7 cm³/mol. The van der Waals surface area contributed by atoms with Crippen LogP contribution < -0.4 is 0 Å². The summed E-state index contributed by atoms with van der Waals surface area (Å²) < 4.78 is 1.75. The van der Waals surface area contributed by atoms with E-state index < -0.39 is 11.4 Å². The Kier molecular flexibility index (Phi) is 2.44. The first-order valence-electron chi connectivity index (χ1n) is 6.06. The Morgan fingerprint density at radius 1 is 1.33 bits per heavy atom. The number of aliphatic carboxylic acids is 1. The average molecular weight is 242 g/mol. The van der Waals surface area contributed by atoms with Gasteiger partial charge in [-0.3, -0.25) is 4.79 Å². The lowest BCUT2D eigenvalue weighted by Crippen LogP contribution is -2.42. The molecular formula is C14H14N2O2. The molecule has 1 fully saturated rings. The van der Waals surface area contributed by atoms with Gasteiger partial charge in [0.1, 0.15) is 0 Å². The van der Waals surface area contributed by atoms with Gasteiger partial charge in [0.2, 0.25) is 0 Å². The van der Waals surface area contributed by atoms with E-state index in [0.717, 1.165) is 30.5 Å². The standard InChI is InChI=1S/C14H14N2O2/c17-13(18)14(6-2-7-14)11-4-1-5-12(10-11)16-9-3-8-15-16/h1,3-5,8-10H,2,6-7H2,(H,17,18). The highest BCUT2D eigenvalue weighted by Gasteiger charge is 2.45. The fourth-order valence-corrected chi connectivity index (χ4v) is 2.52. The lowest BCUT2D eigenvalue weighted by molar-refractivity contribution is -0.147. The van der Waals surface area contributed by atoms with Gasteiger partial charge in [0, 0.05) is 12.4 Å². The molecule has 0 aliphatic heterocycles. The Morgan fingerprint density at radius 3 is 2.72 bits per heavy atom. The molecule has 0 spiro atoms. The number of carbonyl (C=O) groups is 1. The number of aromatic nitrogens is 2. The van der Waals surface area contributed by atoms with Gasteiger partial charge in [0.15, 0.2) is 0 Å². The Balaban J connectivity index is 2.04. The van der Waals surface area contributed by atoms with E-state index in [-0.39, 0.29) is 0 Å². The number of carboxylic acid groups (broad SMARTS) is 1. The summed E-state index contributed by atoms with van der Waals surface area (Å²) in [5, 5.41) is 13.6. The molecule has 1 aromatic carbocycles. The van der Waals surface area contributed by atoms with Gasteiger partial charge in [-0.1, -0.05) is 18.6 Å². The molecule has 18 heavy (non-hydrogen) atoms. The second-order valence-electron chi connectivity index (χ2n) is 4.74. The maximum Gasteiger partial charge on any atom is 0.314 e. The monoisotopic (exact) mass is 242 g/mol. The molecule has 0 amide bonds. The number of rotatable bonds is 3. The molecule has 2 aromatic rings. The summed E-state index contributed by atoms with van der Waals surface area (Å²) in [5.74, 6) is -0.716. The van der Waals surface area contributed by atoms with Crippen molar-refractivity contribution in [1.82, 2.24) is 9.78 Å². The summed E-state index contributed by atoms with van der Waals surface area (Å²) >= 11 is 0. The molecule has 0 radical (unpaired) electrons. The van der Waals surface area contributed by atoms with Gasteiger partial charge < -0.3 is 5.11 Å². The van der Waals surface area contributed by atoms with Crippen molar-refractivity contribution in [3.8, 4) is 5.69 Å². The van der Waals surface area contributed by atoms with Crippen molar-refractivity contribution >= 4 is 5.97 Å². The highest BCUT2D eigenvalue weighted by molar-refractivity contribution is 5.82. The van der Waals surface area contributed by atoms with Crippen LogP contribution in [0.1, 0.15) is 24.8 Å². The van der Waals surface area contributed by atoms with Crippen molar-refractivity contribution in [2.75, 3.05) is 0 Å². The molecular weight excluding hydrogens is 228 g/mol. The number of carboxylic acids is 1. The van der Waals surface area contributed by atoms with Crippen LogP contribution in [0, 0.1) is 0 Å². The van der Waals surface area contributed by atoms with Crippen molar-refractivity contribution in [1.29, 1.82) is 0 Å². The molecule has 1 saturated carbocycles. The summed E-state index contributed by atoms with van der Waals surface area (Å²) in [6, 6.07) is 9.52. The largest absolute Gasteiger partial charge is 0.481 e. The first-order valence-corrected chi connectivity index (χ1v) is 6.06. The van der Waals surface area contributed by atoms with Crippen LogP contribution in [0.2, 0.25) is 0 Å². The van der Waals surface area contributed by atoms with E-state index in [4.69, 9.17) is 0 Å². The van der Waals surface area contributed by atoms with Crippen molar-refractivity contribution in [3.63, 3.8) is 0 Å². The minimum atomic E-state index is -0.716. The molecule has 1 aliphatic carbocycles. The smallest absolute Gasteiger partial charge is 0.314 e. The molecule has 92 valence electrons. The van der Waals surface area contributed by atoms with Crippen LogP contribution in [0.25, 0.3) is 5.69 Å². The van der Waals surface area contributed by atoms with Crippen molar-refractivity contribution in [2.45, 2.75) is 24.7 Å². The first kappa shape index (κ1) is 11.0. The zero-order chi connectivity index (χ0) is 12.6. The average Bonchev–Trinajstić information content (AvgIpc) is 2.80. The second-order valence-corrected chi connectivity index (χ2v) is 4.74. The van der Waals surface area contributed by atoms with E-state index in [9.17, 15) is 9.90 Å². The SMILES string of the molecule is O=C(O)C1(c2cccc(-n3cccn3)c2)CCC1. The fourth-order valence-electron chi connectivity index (χ4n) is 2.52. The Bertz CT molecular complexity index is 571. The molecule has 4 nitrogen and oxygen atoms in total. The van der Waals surface area contributed by atoms with E-state index in [1.807, 2.05) is 36.5 Å². The molecule has 4 heteroatoms. The van der Waals surface area contributed by atoms with Gasteiger partial charge in [-0.2, -0.15) is 5.10 Å². The van der Waals surface area contributed by atoms with Crippen LogP contribution >= 0.6 is 0 Å². The Hall–Kier alpha value is -2.10. The third-order valence-electron chi connectivity index (χ3n) is 3.78. The minimum absolute atomic E-state index is 0.677. The van der Waals surface area contributed by atoms with E-state index in [2.05, 4.69) is 5.10 Å². The summed E-state index contributed by atoms with van der Waals surface area (Å²) in [7, 11) is 0. The zero-order valence-electron chi connectivity index (χ0n) is 9.91. The summed E-state index contributed by atoms with van der Waals surface area (Å²) in [5.41, 5.74) is 1.11. The maximum absolute atomic E-state index is 11.5. The Labute approximate surface area is 105 Å². The van der Waals surface area contributed by atoms with Gasteiger partial charge in [0.25, 0.3) is 0 Å². The molecule has 0 bridgehead atoms.